The lowest BCUT2D eigenvalue weighted by molar-refractivity contribution is -0.139. The van der Waals surface area contributed by atoms with Crippen LogP contribution in [0.3, 0.4) is 0 Å². The molecule has 1 aliphatic rings. The van der Waals surface area contributed by atoms with E-state index in [1.165, 1.54) is 0 Å². The molecule has 3 atom stereocenters. The Morgan fingerprint density at radius 1 is 1.70 bits per heavy atom. The minimum absolute atomic E-state index is 0.0255. The number of carbonyl (C=O) groups is 1. The van der Waals surface area contributed by atoms with Gasteiger partial charge in [0.25, 0.3) is 0 Å². The number of aliphatic carboxylic acids is 1. The first-order valence-corrected chi connectivity index (χ1v) is 3.53. The van der Waals surface area contributed by atoms with E-state index in [-0.39, 0.29) is 17.9 Å². The number of carboxylic acid groups (broad SMARTS) is 1. The molecule has 0 aliphatic heterocycles. The summed E-state index contributed by atoms with van der Waals surface area (Å²) >= 11 is 0. The van der Waals surface area contributed by atoms with Crippen molar-refractivity contribution in [2.45, 2.75) is 20.0 Å². The molecule has 0 spiro atoms. The van der Waals surface area contributed by atoms with Gasteiger partial charge in [-0.15, -0.1) is 0 Å². The Labute approximate surface area is 60.0 Å². The zero-order valence-electron chi connectivity index (χ0n) is 6.20. The standard InChI is InChI=1S/C7H12O3/c1-3-10-6-4(2)5(6)7(8)9/h4-6H,3H2,1-2H3,(H,8,9)/t4-,5-,6+/m0/s1. The van der Waals surface area contributed by atoms with Gasteiger partial charge in [0.15, 0.2) is 0 Å². The van der Waals surface area contributed by atoms with Gasteiger partial charge in [0.05, 0.1) is 12.0 Å². The van der Waals surface area contributed by atoms with Crippen LogP contribution in [-0.4, -0.2) is 23.8 Å². The van der Waals surface area contributed by atoms with E-state index >= 15 is 0 Å². The van der Waals surface area contributed by atoms with Gasteiger partial charge in [0, 0.05) is 6.61 Å². The van der Waals surface area contributed by atoms with E-state index in [9.17, 15) is 4.79 Å². The maximum atomic E-state index is 10.4. The molecule has 0 bridgehead atoms. The zero-order valence-corrected chi connectivity index (χ0v) is 6.20. The van der Waals surface area contributed by atoms with Gasteiger partial charge in [-0.3, -0.25) is 4.79 Å². The van der Waals surface area contributed by atoms with Crippen molar-refractivity contribution in [3.05, 3.63) is 0 Å². The maximum Gasteiger partial charge on any atom is 0.309 e. The van der Waals surface area contributed by atoms with Crippen molar-refractivity contribution in [2.75, 3.05) is 6.61 Å². The number of rotatable bonds is 3. The predicted octanol–water partition coefficient (Wildman–Crippen LogP) is 0.742. The average molecular weight is 144 g/mol. The summed E-state index contributed by atoms with van der Waals surface area (Å²) in [6, 6.07) is 0. The van der Waals surface area contributed by atoms with Crippen LogP contribution in [0.15, 0.2) is 0 Å². The largest absolute Gasteiger partial charge is 0.481 e. The molecule has 0 amide bonds. The molecule has 1 rings (SSSR count). The van der Waals surface area contributed by atoms with Gasteiger partial charge in [-0.1, -0.05) is 6.92 Å². The van der Waals surface area contributed by atoms with Gasteiger partial charge in [0.1, 0.15) is 0 Å². The summed E-state index contributed by atoms with van der Waals surface area (Å²) < 4.78 is 5.16. The molecular weight excluding hydrogens is 132 g/mol. The van der Waals surface area contributed by atoms with Crippen molar-refractivity contribution < 1.29 is 14.6 Å². The van der Waals surface area contributed by atoms with Crippen molar-refractivity contribution in [1.82, 2.24) is 0 Å². The van der Waals surface area contributed by atoms with E-state index in [2.05, 4.69) is 0 Å². The maximum absolute atomic E-state index is 10.4. The normalized spacial score (nSPS) is 37.6. The molecule has 0 radical (unpaired) electrons. The fourth-order valence-electron chi connectivity index (χ4n) is 1.24. The SMILES string of the molecule is CCO[C@@H]1[C@@H](C)[C@@H]1C(=O)O. The molecule has 3 nitrogen and oxygen atoms in total. The summed E-state index contributed by atoms with van der Waals surface area (Å²) in [5, 5.41) is 8.54. The van der Waals surface area contributed by atoms with Crippen molar-refractivity contribution in [3.8, 4) is 0 Å². The molecule has 1 fully saturated rings. The third kappa shape index (κ3) is 1.14. The second-order valence-electron chi connectivity index (χ2n) is 2.64. The summed E-state index contributed by atoms with van der Waals surface area (Å²) in [6.45, 7) is 4.39. The lowest BCUT2D eigenvalue weighted by Gasteiger charge is -1.94. The Morgan fingerprint density at radius 2 is 2.30 bits per heavy atom. The van der Waals surface area contributed by atoms with Crippen LogP contribution in [0, 0.1) is 11.8 Å². The first-order valence-electron chi connectivity index (χ1n) is 3.53. The lowest BCUT2D eigenvalue weighted by atomic mass is 10.3. The minimum atomic E-state index is -0.731. The van der Waals surface area contributed by atoms with E-state index < -0.39 is 5.97 Å². The van der Waals surface area contributed by atoms with Gasteiger partial charge < -0.3 is 9.84 Å². The molecule has 58 valence electrons. The summed E-state index contributed by atoms with van der Waals surface area (Å²) in [7, 11) is 0. The number of ether oxygens (including phenoxy) is 1. The van der Waals surface area contributed by atoms with E-state index in [1.54, 1.807) is 0 Å². The highest BCUT2D eigenvalue weighted by Crippen LogP contribution is 2.41. The first kappa shape index (κ1) is 7.54. The van der Waals surface area contributed by atoms with E-state index in [4.69, 9.17) is 9.84 Å². The fourth-order valence-corrected chi connectivity index (χ4v) is 1.24. The van der Waals surface area contributed by atoms with Crippen LogP contribution in [0.4, 0.5) is 0 Å². The molecule has 1 aliphatic carbocycles. The monoisotopic (exact) mass is 144 g/mol. The molecule has 10 heavy (non-hydrogen) atoms. The fraction of sp³-hybridized carbons (Fsp3) is 0.857. The van der Waals surface area contributed by atoms with Gasteiger partial charge in [0.2, 0.25) is 0 Å². The number of carboxylic acids is 1. The summed E-state index contributed by atoms with van der Waals surface area (Å²) in [4.78, 5) is 10.4. The van der Waals surface area contributed by atoms with Gasteiger partial charge in [-0.05, 0) is 12.8 Å². The Kier molecular flexibility index (Phi) is 1.94. The Morgan fingerprint density at radius 3 is 2.60 bits per heavy atom. The summed E-state index contributed by atoms with van der Waals surface area (Å²) in [6.07, 6.45) is -0.0255. The van der Waals surface area contributed by atoms with E-state index in [1.807, 2.05) is 13.8 Å². The molecule has 0 aromatic carbocycles. The summed E-state index contributed by atoms with van der Waals surface area (Å²) in [5.41, 5.74) is 0. The molecule has 0 saturated heterocycles. The third-order valence-corrected chi connectivity index (χ3v) is 1.94. The third-order valence-electron chi connectivity index (χ3n) is 1.94. The van der Waals surface area contributed by atoms with Crippen LogP contribution in [0.5, 0.6) is 0 Å². The topological polar surface area (TPSA) is 46.5 Å². The van der Waals surface area contributed by atoms with Crippen molar-refractivity contribution in [3.63, 3.8) is 0 Å². The highest BCUT2D eigenvalue weighted by molar-refractivity contribution is 5.74. The molecule has 3 heteroatoms. The second kappa shape index (κ2) is 2.58. The van der Waals surface area contributed by atoms with Gasteiger partial charge >= 0.3 is 5.97 Å². The molecule has 0 unspecified atom stereocenters. The minimum Gasteiger partial charge on any atom is -0.481 e. The van der Waals surface area contributed by atoms with Crippen LogP contribution in [0.25, 0.3) is 0 Å². The van der Waals surface area contributed by atoms with E-state index in [0.29, 0.717) is 6.61 Å². The number of hydrogen-bond donors (Lipinski definition) is 1. The van der Waals surface area contributed by atoms with Crippen LogP contribution in [0.1, 0.15) is 13.8 Å². The molecule has 1 saturated carbocycles. The molecule has 0 aromatic rings. The predicted molar refractivity (Wildman–Crippen MR) is 35.7 cm³/mol. The molecule has 0 heterocycles. The molecule has 1 N–H and O–H groups in total. The first-order chi connectivity index (χ1) is 4.68. The Hall–Kier alpha value is -0.570. The van der Waals surface area contributed by atoms with Crippen LogP contribution in [0.2, 0.25) is 0 Å². The smallest absolute Gasteiger partial charge is 0.309 e. The highest BCUT2D eigenvalue weighted by atomic mass is 16.5. The van der Waals surface area contributed by atoms with Crippen molar-refractivity contribution in [1.29, 1.82) is 0 Å². The summed E-state index contributed by atoms with van der Waals surface area (Å²) in [5.74, 6) is -0.775. The van der Waals surface area contributed by atoms with Crippen molar-refractivity contribution in [2.24, 2.45) is 11.8 Å². The second-order valence-corrected chi connectivity index (χ2v) is 2.64. The van der Waals surface area contributed by atoms with Crippen molar-refractivity contribution >= 4 is 5.97 Å². The van der Waals surface area contributed by atoms with Crippen LogP contribution < -0.4 is 0 Å². The quantitative estimate of drug-likeness (QED) is 0.635. The Bertz CT molecular complexity index is 144. The van der Waals surface area contributed by atoms with Gasteiger partial charge in [-0.25, -0.2) is 0 Å². The lowest BCUT2D eigenvalue weighted by Crippen LogP contribution is -2.04. The van der Waals surface area contributed by atoms with Crippen LogP contribution >= 0.6 is 0 Å². The van der Waals surface area contributed by atoms with Gasteiger partial charge in [-0.2, -0.15) is 0 Å². The molecular formula is C7H12O3. The average Bonchev–Trinajstić information content (AvgIpc) is 2.43. The zero-order chi connectivity index (χ0) is 7.72. The molecule has 0 aromatic heterocycles. The highest BCUT2D eigenvalue weighted by Gasteiger charge is 2.52. The number of hydrogen-bond acceptors (Lipinski definition) is 2. The Balaban J connectivity index is 2.34. The van der Waals surface area contributed by atoms with E-state index in [0.717, 1.165) is 0 Å². The van der Waals surface area contributed by atoms with Crippen LogP contribution in [-0.2, 0) is 9.53 Å².